The number of pyridine rings is 3. The van der Waals surface area contributed by atoms with Gasteiger partial charge in [0.2, 0.25) is 0 Å². The van der Waals surface area contributed by atoms with Gasteiger partial charge in [0.25, 0.3) is 0 Å². The molecule has 7 heteroatoms. The van der Waals surface area contributed by atoms with Crippen molar-refractivity contribution in [1.82, 2.24) is 29.7 Å². The molecule has 0 radical (unpaired) electrons. The minimum Gasteiger partial charge on any atom is -0.352 e. The molecular weight excluding hydrogens is 404 g/mol. The zero-order valence-corrected chi connectivity index (χ0v) is 17.7. The molecule has 5 heterocycles. The molecule has 0 spiro atoms. The Kier molecular flexibility index (Phi) is 5.41. The third kappa shape index (κ3) is 4.04. The number of hydrogen-bond donors (Lipinski definition) is 1. The van der Waals surface area contributed by atoms with Crippen molar-refractivity contribution in [3.63, 3.8) is 0 Å². The Morgan fingerprint density at radius 3 is 2.39 bits per heavy atom. The second-order valence-corrected chi connectivity index (χ2v) is 7.88. The van der Waals surface area contributed by atoms with Gasteiger partial charge in [-0.05, 0) is 66.3 Å². The summed E-state index contributed by atoms with van der Waals surface area (Å²) in [6, 6.07) is 20.3. The summed E-state index contributed by atoms with van der Waals surface area (Å²) in [7, 11) is 0. The van der Waals surface area contributed by atoms with E-state index in [1.54, 1.807) is 0 Å². The summed E-state index contributed by atoms with van der Waals surface area (Å²) >= 11 is 5.79. The minimum atomic E-state index is -0.0482. The fourth-order valence-electron chi connectivity index (χ4n) is 4.09. The van der Waals surface area contributed by atoms with Crippen LogP contribution in [0.5, 0.6) is 0 Å². The predicted octanol–water partition coefficient (Wildman–Crippen LogP) is 3.89. The van der Waals surface area contributed by atoms with Crippen LogP contribution < -0.4 is 5.32 Å². The Bertz CT molecular complexity index is 1150. The first-order valence-corrected chi connectivity index (χ1v) is 10.6. The van der Waals surface area contributed by atoms with E-state index in [1.807, 2.05) is 67.3 Å². The van der Waals surface area contributed by atoms with Crippen molar-refractivity contribution in [3.8, 4) is 0 Å². The minimum absolute atomic E-state index is 0.00530. The van der Waals surface area contributed by atoms with E-state index in [-0.39, 0.29) is 12.1 Å². The Labute approximate surface area is 186 Å². The molecule has 154 valence electrons. The van der Waals surface area contributed by atoms with Gasteiger partial charge in [0.15, 0.2) is 5.11 Å². The maximum absolute atomic E-state index is 5.79. The van der Waals surface area contributed by atoms with Crippen LogP contribution in [-0.2, 0) is 13.1 Å². The molecule has 1 fully saturated rings. The first-order valence-electron chi connectivity index (χ1n) is 10.2. The van der Waals surface area contributed by atoms with Crippen LogP contribution in [0.1, 0.15) is 34.7 Å². The van der Waals surface area contributed by atoms with Crippen molar-refractivity contribution in [1.29, 1.82) is 0 Å². The number of aromatic nitrogens is 4. The average molecular weight is 427 g/mol. The van der Waals surface area contributed by atoms with Crippen molar-refractivity contribution in [3.05, 3.63) is 114 Å². The highest BCUT2D eigenvalue weighted by molar-refractivity contribution is 7.80. The number of nitrogens with one attached hydrogen (secondary N) is 1. The van der Waals surface area contributed by atoms with Crippen LogP contribution in [0, 0.1) is 0 Å². The zero-order chi connectivity index (χ0) is 21.0. The summed E-state index contributed by atoms with van der Waals surface area (Å²) in [4.78, 5) is 15.5. The Hall–Kier alpha value is -3.58. The molecule has 0 saturated carbocycles. The van der Waals surface area contributed by atoms with Gasteiger partial charge in [0.05, 0.1) is 30.0 Å². The molecule has 0 aliphatic carbocycles. The SMILES string of the molecule is S=C1NC(c2ccccn2)C(c2cccn2Cc2ccccn2)N1Cc1ccncc1. The van der Waals surface area contributed by atoms with E-state index in [0.29, 0.717) is 13.1 Å². The first kappa shape index (κ1) is 19.4. The molecule has 31 heavy (non-hydrogen) atoms. The van der Waals surface area contributed by atoms with Crippen molar-refractivity contribution in [2.45, 2.75) is 25.2 Å². The van der Waals surface area contributed by atoms with Gasteiger partial charge in [-0.1, -0.05) is 12.1 Å². The van der Waals surface area contributed by atoms with Gasteiger partial charge in [-0.2, -0.15) is 0 Å². The molecule has 1 saturated heterocycles. The summed E-state index contributed by atoms with van der Waals surface area (Å²) in [6.07, 6.45) is 9.39. The van der Waals surface area contributed by atoms with Gasteiger partial charge in [0.1, 0.15) is 0 Å². The molecule has 6 nitrogen and oxygen atoms in total. The van der Waals surface area contributed by atoms with Crippen LogP contribution in [0.4, 0.5) is 0 Å². The van der Waals surface area contributed by atoms with E-state index in [4.69, 9.17) is 12.2 Å². The van der Waals surface area contributed by atoms with Crippen LogP contribution >= 0.6 is 12.2 Å². The topological polar surface area (TPSA) is 58.9 Å². The molecular formula is C24H22N6S. The van der Waals surface area contributed by atoms with Crippen LogP contribution in [0.25, 0.3) is 0 Å². The summed E-state index contributed by atoms with van der Waals surface area (Å²) in [6.45, 7) is 1.39. The lowest BCUT2D eigenvalue weighted by Crippen LogP contribution is -2.30. The highest BCUT2D eigenvalue weighted by Gasteiger charge is 2.41. The average Bonchev–Trinajstić information content (AvgIpc) is 3.40. The normalized spacial score (nSPS) is 18.2. The number of rotatable bonds is 6. The van der Waals surface area contributed by atoms with Crippen molar-refractivity contribution < 1.29 is 0 Å². The molecule has 0 amide bonds. The van der Waals surface area contributed by atoms with E-state index < -0.39 is 0 Å². The molecule has 2 unspecified atom stereocenters. The van der Waals surface area contributed by atoms with Crippen molar-refractivity contribution >= 4 is 17.3 Å². The summed E-state index contributed by atoms with van der Waals surface area (Å²) < 4.78 is 2.25. The lowest BCUT2D eigenvalue weighted by molar-refractivity contribution is 0.298. The smallest absolute Gasteiger partial charge is 0.170 e. The Balaban J connectivity index is 1.54. The number of nitrogens with zero attached hydrogens (tertiary/aromatic N) is 5. The van der Waals surface area contributed by atoms with Gasteiger partial charge in [-0.25, -0.2) is 0 Å². The standard InChI is InChI=1S/C24H22N6S/c31-24-28-22(20-7-2-4-12-27-20)23(30(24)16-18-9-13-25-14-10-18)21-8-5-15-29(21)17-19-6-1-3-11-26-19/h1-15,22-23H,16-17H2,(H,28,31). The number of hydrogen-bond acceptors (Lipinski definition) is 4. The van der Waals surface area contributed by atoms with Crippen molar-refractivity contribution in [2.24, 2.45) is 0 Å². The molecule has 4 aromatic rings. The number of thiocarbonyl (C=S) groups is 1. The monoisotopic (exact) mass is 426 g/mol. The summed E-state index contributed by atoms with van der Waals surface area (Å²) in [5.41, 5.74) is 4.32. The van der Waals surface area contributed by atoms with E-state index in [1.165, 1.54) is 5.69 Å². The maximum Gasteiger partial charge on any atom is 0.170 e. The Morgan fingerprint density at radius 1 is 0.839 bits per heavy atom. The second kappa shape index (κ2) is 8.65. The quantitative estimate of drug-likeness (QED) is 0.472. The Morgan fingerprint density at radius 2 is 1.65 bits per heavy atom. The van der Waals surface area contributed by atoms with Gasteiger partial charge >= 0.3 is 0 Å². The maximum atomic E-state index is 5.79. The largest absolute Gasteiger partial charge is 0.352 e. The van der Waals surface area contributed by atoms with E-state index in [2.05, 4.69) is 54.1 Å². The van der Waals surface area contributed by atoms with E-state index in [9.17, 15) is 0 Å². The molecule has 5 rings (SSSR count). The molecule has 4 aromatic heterocycles. The molecule has 1 N–H and O–H groups in total. The molecule has 2 atom stereocenters. The van der Waals surface area contributed by atoms with Gasteiger partial charge in [-0.15, -0.1) is 0 Å². The highest BCUT2D eigenvalue weighted by Crippen LogP contribution is 2.39. The third-order valence-electron chi connectivity index (χ3n) is 5.53. The summed E-state index contributed by atoms with van der Waals surface area (Å²) in [5, 5.41) is 4.25. The lowest BCUT2D eigenvalue weighted by atomic mass is 10.0. The second-order valence-electron chi connectivity index (χ2n) is 7.49. The van der Waals surface area contributed by atoms with Crippen LogP contribution in [0.15, 0.2) is 91.6 Å². The van der Waals surface area contributed by atoms with Crippen molar-refractivity contribution in [2.75, 3.05) is 0 Å². The lowest BCUT2D eigenvalue weighted by Gasteiger charge is -2.29. The molecule has 0 bridgehead atoms. The molecule has 0 aromatic carbocycles. The fourth-order valence-corrected chi connectivity index (χ4v) is 4.39. The predicted molar refractivity (Wildman–Crippen MR) is 123 cm³/mol. The van der Waals surface area contributed by atoms with Gasteiger partial charge in [0, 0.05) is 43.2 Å². The first-order chi connectivity index (χ1) is 15.3. The fraction of sp³-hybridized carbons (Fsp3) is 0.167. The van der Waals surface area contributed by atoms with Crippen LogP contribution in [-0.4, -0.2) is 29.5 Å². The van der Waals surface area contributed by atoms with E-state index in [0.717, 1.165) is 22.1 Å². The third-order valence-corrected chi connectivity index (χ3v) is 5.88. The zero-order valence-electron chi connectivity index (χ0n) is 16.9. The summed E-state index contributed by atoms with van der Waals surface area (Å²) in [5.74, 6) is 0. The van der Waals surface area contributed by atoms with Gasteiger partial charge in [-0.3, -0.25) is 15.0 Å². The van der Waals surface area contributed by atoms with Gasteiger partial charge < -0.3 is 14.8 Å². The van der Waals surface area contributed by atoms with Crippen LogP contribution in [0.2, 0.25) is 0 Å². The molecule has 1 aliphatic rings. The highest BCUT2D eigenvalue weighted by atomic mass is 32.1. The van der Waals surface area contributed by atoms with Crippen LogP contribution in [0.3, 0.4) is 0 Å². The molecule has 1 aliphatic heterocycles. The van der Waals surface area contributed by atoms with E-state index >= 15 is 0 Å².